The Morgan fingerprint density at radius 1 is 1.00 bits per heavy atom. The maximum absolute atomic E-state index is 9.66. The summed E-state index contributed by atoms with van der Waals surface area (Å²) in [5.41, 5.74) is 0.501. The van der Waals surface area contributed by atoms with E-state index in [2.05, 4.69) is 19.1 Å². The van der Waals surface area contributed by atoms with Gasteiger partial charge in [0.1, 0.15) is 17.2 Å². The lowest BCUT2D eigenvalue weighted by Crippen LogP contribution is -1.90. The first-order valence-corrected chi connectivity index (χ1v) is 6.67. The zero-order valence-corrected chi connectivity index (χ0v) is 11.0. The van der Waals surface area contributed by atoms with Gasteiger partial charge in [-0.05, 0) is 38.3 Å². The van der Waals surface area contributed by atoms with Gasteiger partial charge in [0.25, 0.3) is 0 Å². The number of aromatic hydroxyl groups is 3. The molecule has 0 unspecified atom stereocenters. The Morgan fingerprint density at radius 2 is 1.67 bits per heavy atom. The van der Waals surface area contributed by atoms with Crippen LogP contribution in [-0.4, -0.2) is 15.3 Å². The SMILES string of the molecule is Cc1ccc(CCCc2c(O)cc(O)cc2O)s1. The fraction of sp³-hybridized carbons (Fsp3) is 0.286. The van der Waals surface area contributed by atoms with Crippen molar-refractivity contribution in [3.8, 4) is 17.2 Å². The topological polar surface area (TPSA) is 60.7 Å². The first kappa shape index (κ1) is 12.8. The second-order valence-corrected chi connectivity index (χ2v) is 5.70. The van der Waals surface area contributed by atoms with E-state index in [1.54, 1.807) is 11.3 Å². The van der Waals surface area contributed by atoms with E-state index in [1.807, 2.05) is 0 Å². The van der Waals surface area contributed by atoms with Crippen LogP contribution in [0.3, 0.4) is 0 Å². The molecular formula is C14H16O3S. The summed E-state index contributed by atoms with van der Waals surface area (Å²) in [6.45, 7) is 2.08. The van der Waals surface area contributed by atoms with E-state index in [9.17, 15) is 15.3 Å². The summed E-state index contributed by atoms with van der Waals surface area (Å²) >= 11 is 1.77. The summed E-state index contributed by atoms with van der Waals surface area (Å²) in [5.74, 6) is -0.215. The largest absolute Gasteiger partial charge is 0.508 e. The highest BCUT2D eigenvalue weighted by molar-refractivity contribution is 7.11. The van der Waals surface area contributed by atoms with E-state index in [-0.39, 0.29) is 17.2 Å². The number of hydrogen-bond donors (Lipinski definition) is 3. The van der Waals surface area contributed by atoms with E-state index in [4.69, 9.17) is 0 Å². The van der Waals surface area contributed by atoms with Crippen LogP contribution >= 0.6 is 11.3 Å². The number of rotatable bonds is 4. The average Bonchev–Trinajstić information content (AvgIpc) is 2.68. The highest BCUT2D eigenvalue weighted by Crippen LogP contribution is 2.33. The summed E-state index contributed by atoms with van der Waals surface area (Å²) in [7, 11) is 0. The Labute approximate surface area is 110 Å². The normalized spacial score (nSPS) is 10.7. The zero-order valence-electron chi connectivity index (χ0n) is 10.2. The maximum atomic E-state index is 9.66. The van der Waals surface area contributed by atoms with Crippen LogP contribution in [0.1, 0.15) is 21.7 Å². The van der Waals surface area contributed by atoms with Crippen molar-refractivity contribution in [2.45, 2.75) is 26.2 Å². The van der Waals surface area contributed by atoms with E-state index in [0.717, 1.165) is 12.8 Å². The van der Waals surface area contributed by atoms with Crippen LogP contribution in [0.25, 0.3) is 0 Å². The lowest BCUT2D eigenvalue weighted by Gasteiger charge is -2.07. The van der Waals surface area contributed by atoms with Crippen LogP contribution in [0.5, 0.6) is 17.2 Å². The predicted octanol–water partition coefficient (Wildman–Crippen LogP) is 3.35. The van der Waals surface area contributed by atoms with Gasteiger partial charge >= 0.3 is 0 Å². The number of phenols is 3. The summed E-state index contributed by atoms with van der Waals surface area (Å²) in [5, 5.41) is 28.5. The smallest absolute Gasteiger partial charge is 0.126 e. The van der Waals surface area contributed by atoms with Crippen molar-refractivity contribution in [3.63, 3.8) is 0 Å². The molecule has 96 valence electrons. The van der Waals surface area contributed by atoms with Crippen molar-refractivity contribution in [2.24, 2.45) is 0 Å². The van der Waals surface area contributed by atoms with Gasteiger partial charge < -0.3 is 15.3 Å². The Hall–Kier alpha value is -1.68. The molecule has 2 rings (SSSR count). The average molecular weight is 264 g/mol. The van der Waals surface area contributed by atoms with Gasteiger partial charge in [0.05, 0.1) is 0 Å². The molecular weight excluding hydrogens is 248 g/mol. The van der Waals surface area contributed by atoms with Crippen molar-refractivity contribution in [3.05, 3.63) is 39.6 Å². The van der Waals surface area contributed by atoms with Gasteiger partial charge in [0, 0.05) is 27.5 Å². The van der Waals surface area contributed by atoms with Gasteiger partial charge in [-0.15, -0.1) is 11.3 Å². The van der Waals surface area contributed by atoms with E-state index in [1.165, 1.54) is 21.9 Å². The maximum Gasteiger partial charge on any atom is 0.126 e. The Kier molecular flexibility index (Phi) is 3.77. The van der Waals surface area contributed by atoms with Gasteiger partial charge in [-0.2, -0.15) is 0 Å². The van der Waals surface area contributed by atoms with Crippen LogP contribution < -0.4 is 0 Å². The van der Waals surface area contributed by atoms with Crippen molar-refractivity contribution in [1.82, 2.24) is 0 Å². The van der Waals surface area contributed by atoms with Gasteiger partial charge in [0.15, 0.2) is 0 Å². The van der Waals surface area contributed by atoms with Crippen molar-refractivity contribution in [2.75, 3.05) is 0 Å². The van der Waals surface area contributed by atoms with Crippen molar-refractivity contribution < 1.29 is 15.3 Å². The van der Waals surface area contributed by atoms with Gasteiger partial charge in [-0.1, -0.05) is 0 Å². The molecule has 0 saturated carbocycles. The first-order valence-electron chi connectivity index (χ1n) is 5.85. The third-order valence-corrected chi connectivity index (χ3v) is 3.89. The lowest BCUT2D eigenvalue weighted by molar-refractivity contribution is 0.418. The summed E-state index contributed by atoms with van der Waals surface area (Å²) in [4.78, 5) is 2.60. The van der Waals surface area contributed by atoms with E-state index >= 15 is 0 Å². The summed E-state index contributed by atoms with van der Waals surface area (Å²) in [6, 6.07) is 6.71. The van der Waals surface area contributed by atoms with Gasteiger partial charge in [-0.3, -0.25) is 0 Å². The van der Waals surface area contributed by atoms with E-state index < -0.39 is 0 Å². The molecule has 3 nitrogen and oxygen atoms in total. The molecule has 3 N–H and O–H groups in total. The summed E-state index contributed by atoms with van der Waals surface area (Å²) in [6.07, 6.45) is 2.37. The molecule has 1 heterocycles. The van der Waals surface area contributed by atoms with E-state index in [0.29, 0.717) is 12.0 Å². The van der Waals surface area contributed by atoms with Crippen LogP contribution in [-0.2, 0) is 12.8 Å². The molecule has 0 amide bonds. The Morgan fingerprint density at radius 3 is 2.22 bits per heavy atom. The zero-order chi connectivity index (χ0) is 13.1. The molecule has 0 fully saturated rings. The molecule has 0 aliphatic carbocycles. The minimum absolute atomic E-state index is 0.0464. The van der Waals surface area contributed by atoms with Crippen molar-refractivity contribution in [1.29, 1.82) is 0 Å². The third-order valence-electron chi connectivity index (χ3n) is 2.83. The first-order chi connectivity index (χ1) is 8.56. The van der Waals surface area contributed by atoms with Crippen LogP contribution in [0, 0.1) is 6.92 Å². The quantitative estimate of drug-likeness (QED) is 0.793. The molecule has 0 radical (unpaired) electrons. The minimum Gasteiger partial charge on any atom is -0.508 e. The van der Waals surface area contributed by atoms with Crippen LogP contribution in [0.4, 0.5) is 0 Å². The molecule has 0 bridgehead atoms. The molecule has 1 aromatic carbocycles. The Bertz CT molecular complexity index is 523. The highest BCUT2D eigenvalue weighted by Gasteiger charge is 2.09. The molecule has 1 aromatic heterocycles. The van der Waals surface area contributed by atoms with Crippen molar-refractivity contribution >= 4 is 11.3 Å². The van der Waals surface area contributed by atoms with Crippen LogP contribution in [0.2, 0.25) is 0 Å². The molecule has 0 aliphatic heterocycles. The summed E-state index contributed by atoms with van der Waals surface area (Å²) < 4.78 is 0. The lowest BCUT2D eigenvalue weighted by atomic mass is 10.1. The molecule has 0 atom stereocenters. The molecule has 18 heavy (non-hydrogen) atoms. The van der Waals surface area contributed by atoms with Gasteiger partial charge in [0.2, 0.25) is 0 Å². The number of benzene rings is 1. The fourth-order valence-corrected chi connectivity index (χ4v) is 2.87. The second-order valence-electron chi connectivity index (χ2n) is 4.33. The molecule has 0 aliphatic rings. The van der Waals surface area contributed by atoms with Crippen LogP contribution in [0.15, 0.2) is 24.3 Å². The molecule has 2 aromatic rings. The monoisotopic (exact) mass is 264 g/mol. The fourth-order valence-electron chi connectivity index (χ4n) is 1.94. The molecule has 4 heteroatoms. The number of phenolic OH excluding ortho intramolecular Hbond substituents is 3. The highest BCUT2D eigenvalue weighted by atomic mass is 32.1. The molecule has 0 spiro atoms. The minimum atomic E-state index is -0.123. The predicted molar refractivity (Wildman–Crippen MR) is 72.5 cm³/mol. The number of thiophene rings is 1. The third kappa shape index (κ3) is 2.96. The number of aryl methyl sites for hydroxylation is 2. The number of hydrogen-bond acceptors (Lipinski definition) is 4. The molecule has 0 saturated heterocycles. The second kappa shape index (κ2) is 5.31. The standard InChI is InChI=1S/C14H16O3S/c1-9-5-6-11(18-9)3-2-4-12-13(16)7-10(15)8-14(12)17/h5-8,15-17H,2-4H2,1H3. The van der Waals surface area contributed by atoms with Gasteiger partial charge in [-0.25, -0.2) is 0 Å². The Balaban J connectivity index is 1.98.